The van der Waals surface area contributed by atoms with Gasteiger partial charge in [-0.3, -0.25) is 4.90 Å². The topological polar surface area (TPSA) is 24.3 Å². The van der Waals surface area contributed by atoms with Gasteiger partial charge in [0.2, 0.25) is 0 Å². The van der Waals surface area contributed by atoms with E-state index in [0.717, 1.165) is 30.9 Å². The lowest BCUT2D eigenvalue weighted by atomic mass is 9.93. The number of benzene rings is 2. The number of halogens is 1. The molecular formula is C23H27FN4. The lowest BCUT2D eigenvalue weighted by Crippen LogP contribution is -2.34. The second-order valence-electron chi connectivity index (χ2n) is 8.02. The molecule has 4 nitrogen and oxygen atoms in total. The van der Waals surface area contributed by atoms with Crippen LogP contribution in [0.25, 0.3) is 5.69 Å². The van der Waals surface area contributed by atoms with E-state index in [1.165, 1.54) is 23.3 Å². The molecule has 1 aliphatic rings. The second kappa shape index (κ2) is 7.86. The minimum absolute atomic E-state index is 0.246. The van der Waals surface area contributed by atoms with E-state index < -0.39 is 0 Å². The van der Waals surface area contributed by atoms with Gasteiger partial charge in [0.05, 0.1) is 11.9 Å². The molecule has 1 aromatic heterocycles. The van der Waals surface area contributed by atoms with Crippen molar-refractivity contribution in [3.05, 3.63) is 83.4 Å². The summed E-state index contributed by atoms with van der Waals surface area (Å²) >= 11 is 0. The van der Waals surface area contributed by atoms with Crippen LogP contribution in [0.15, 0.2) is 60.9 Å². The molecule has 0 radical (unpaired) electrons. The van der Waals surface area contributed by atoms with Gasteiger partial charge in [0.25, 0.3) is 0 Å². The van der Waals surface area contributed by atoms with Crippen LogP contribution in [0.3, 0.4) is 0 Å². The summed E-state index contributed by atoms with van der Waals surface area (Å²) in [6.07, 6.45) is 3.88. The van der Waals surface area contributed by atoms with Crippen molar-refractivity contribution in [2.75, 3.05) is 27.2 Å². The number of hydrogen-bond donors (Lipinski definition) is 0. The molecule has 0 N–H and O–H groups in total. The van der Waals surface area contributed by atoms with Crippen molar-refractivity contribution in [2.24, 2.45) is 0 Å². The van der Waals surface area contributed by atoms with Gasteiger partial charge in [-0.2, -0.15) is 5.10 Å². The van der Waals surface area contributed by atoms with Crippen LogP contribution in [0.1, 0.15) is 22.6 Å². The Kier molecular flexibility index (Phi) is 5.29. The van der Waals surface area contributed by atoms with Crippen LogP contribution in [-0.4, -0.2) is 52.8 Å². The summed E-state index contributed by atoms with van der Waals surface area (Å²) in [7, 11) is 4.33. The van der Waals surface area contributed by atoms with Crippen LogP contribution in [0, 0.1) is 12.7 Å². The number of nitrogens with zero attached hydrogens (tertiary/aromatic N) is 4. The largest absolute Gasteiger partial charge is 0.305 e. The van der Waals surface area contributed by atoms with Gasteiger partial charge in [-0.15, -0.1) is 0 Å². The number of likely N-dealkylation sites (N-methyl/N-ethyl adjacent to an activating group) is 1. The van der Waals surface area contributed by atoms with E-state index in [1.807, 2.05) is 18.5 Å². The standard InChI is InChI=1S/C23H27FN4/c1-17-7-9-19(10-8-17)22-15-27(16-23(22)26(2)3)13-18-12-25-28(14-18)21-6-4-5-20(24)11-21/h4-12,14,22-23H,13,15-16H2,1-3H3/t22-,23+/m0/s1. The first kappa shape index (κ1) is 18.8. The first-order chi connectivity index (χ1) is 13.5. The maximum atomic E-state index is 13.5. The molecule has 28 heavy (non-hydrogen) atoms. The first-order valence-electron chi connectivity index (χ1n) is 9.74. The summed E-state index contributed by atoms with van der Waals surface area (Å²) in [5.41, 5.74) is 4.59. The Morgan fingerprint density at radius 3 is 2.61 bits per heavy atom. The Hall–Kier alpha value is -2.50. The molecule has 2 atom stereocenters. The van der Waals surface area contributed by atoms with Crippen LogP contribution in [0.4, 0.5) is 4.39 Å². The highest BCUT2D eigenvalue weighted by Gasteiger charge is 2.35. The summed E-state index contributed by atoms with van der Waals surface area (Å²) in [5.74, 6) is 0.248. The minimum Gasteiger partial charge on any atom is -0.305 e. The fourth-order valence-electron chi connectivity index (χ4n) is 4.12. The average Bonchev–Trinajstić information content (AvgIpc) is 3.30. The molecule has 1 fully saturated rings. The third kappa shape index (κ3) is 4.01. The van der Waals surface area contributed by atoms with Crippen molar-refractivity contribution in [3.63, 3.8) is 0 Å². The zero-order chi connectivity index (χ0) is 19.7. The third-order valence-electron chi connectivity index (χ3n) is 5.65. The molecule has 0 aliphatic carbocycles. The highest BCUT2D eigenvalue weighted by molar-refractivity contribution is 5.32. The molecule has 0 spiro atoms. The monoisotopic (exact) mass is 378 g/mol. The van der Waals surface area contributed by atoms with Gasteiger partial charge in [-0.05, 0) is 44.8 Å². The third-order valence-corrected chi connectivity index (χ3v) is 5.65. The van der Waals surface area contributed by atoms with E-state index in [9.17, 15) is 4.39 Å². The normalized spacial score (nSPS) is 20.2. The van der Waals surface area contributed by atoms with E-state index in [2.05, 4.69) is 60.2 Å². The van der Waals surface area contributed by atoms with E-state index in [-0.39, 0.29) is 5.82 Å². The lowest BCUT2D eigenvalue weighted by molar-refractivity contribution is 0.260. The highest BCUT2D eigenvalue weighted by atomic mass is 19.1. The number of rotatable bonds is 5. The van der Waals surface area contributed by atoms with Crippen molar-refractivity contribution in [1.29, 1.82) is 0 Å². The van der Waals surface area contributed by atoms with E-state index in [4.69, 9.17) is 0 Å². The Bertz CT molecular complexity index is 932. The van der Waals surface area contributed by atoms with Gasteiger partial charge >= 0.3 is 0 Å². The summed E-state index contributed by atoms with van der Waals surface area (Å²) < 4.78 is 15.2. The van der Waals surface area contributed by atoms with Gasteiger partial charge in [0.1, 0.15) is 5.82 Å². The van der Waals surface area contributed by atoms with Crippen molar-refractivity contribution >= 4 is 0 Å². The maximum absolute atomic E-state index is 13.5. The molecule has 0 bridgehead atoms. The molecule has 3 aromatic rings. The van der Waals surface area contributed by atoms with Crippen molar-refractivity contribution < 1.29 is 4.39 Å². The van der Waals surface area contributed by atoms with Crippen LogP contribution in [0.2, 0.25) is 0 Å². The predicted molar refractivity (Wildman–Crippen MR) is 110 cm³/mol. The smallest absolute Gasteiger partial charge is 0.125 e. The van der Waals surface area contributed by atoms with Gasteiger partial charge in [-0.25, -0.2) is 9.07 Å². The van der Waals surface area contributed by atoms with Gasteiger partial charge in [0.15, 0.2) is 0 Å². The molecule has 146 valence electrons. The second-order valence-corrected chi connectivity index (χ2v) is 8.02. The summed E-state index contributed by atoms with van der Waals surface area (Å²) in [4.78, 5) is 4.82. The molecule has 2 heterocycles. The highest BCUT2D eigenvalue weighted by Crippen LogP contribution is 2.31. The van der Waals surface area contributed by atoms with E-state index in [1.54, 1.807) is 10.7 Å². The van der Waals surface area contributed by atoms with E-state index in [0.29, 0.717) is 12.0 Å². The van der Waals surface area contributed by atoms with Crippen LogP contribution < -0.4 is 0 Å². The van der Waals surface area contributed by atoms with Gasteiger partial charge in [-0.1, -0.05) is 35.9 Å². The van der Waals surface area contributed by atoms with Crippen molar-refractivity contribution in [2.45, 2.75) is 25.4 Å². The average molecular weight is 378 g/mol. The summed E-state index contributed by atoms with van der Waals surface area (Å²) in [6, 6.07) is 15.9. The Labute approximate surface area is 166 Å². The van der Waals surface area contributed by atoms with Gasteiger partial charge < -0.3 is 4.90 Å². The van der Waals surface area contributed by atoms with Gasteiger partial charge in [0, 0.05) is 43.4 Å². The predicted octanol–water partition coefficient (Wildman–Crippen LogP) is 3.85. The maximum Gasteiger partial charge on any atom is 0.125 e. The SMILES string of the molecule is Cc1ccc([C@@H]2CN(Cc3cnn(-c4cccc(F)c4)c3)C[C@H]2N(C)C)cc1. The number of hydrogen-bond acceptors (Lipinski definition) is 3. The van der Waals surface area contributed by atoms with Crippen molar-refractivity contribution in [1.82, 2.24) is 19.6 Å². The fraction of sp³-hybridized carbons (Fsp3) is 0.348. The molecule has 0 amide bonds. The lowest BCUT2D eigenvalue weighted by Gasteiger charge is -2.25. The van der Waals surface area contributed by atoms with Crippen LogP contribution in [0.5, 0.6) is 0 Å². The molecule has 0 unspecified atom stereocenters. The molecule has 1 aliphatic heterocycles. The Morgan fingerprint density at radius 1 is 1.11 bits per heavy atom. The molecule has 5 heteroatoms. The Morgan fingerprint density at radius 2 is 1.89 bits per heavy atom. The van der Waals surface area contributed by atoms with Crippen LogP contribution >= 0.6 is 0 Å². The molecule has 0 saturated carbocycles. The number of aryl methyl sites for hydroxylation is 1. The fourth-order valence-corrected chi connectivity index (χ4v) is 4.12. The van der Waals surface area contributed by atoms with E-state index >= 15 is 0 Å². The quantitative estimate of drug-likeness (QED) is 0.674. The minimum atomic E-state index is -0.246. The van der Waals surface area contributed by atoms with Crippen molar-refractivity contribution in [3.8, 4) is 5.69 Å². The summed E-state index contributed by atoms with van der Waals surface area (Å²) in [6.45, 7) is 5.03. The first-order valence-corrected chi connectivity index (χ1v) is 9.74. The Balaban J connectivity index is 1.49. The zero-order valence-electron chi connectivity index (χ0n) is 16.7. The zero-order valence-corrected chi connectivity index (χ0v) is 16.7. The molecular weight excluding hydrogens is 351 g/mol. The number of likely N-dealkylation sites (tertiary alicyclic amines) is 1. The molecule has 1 saturated heterocycles. The molecule has 4 rings (SSSR count). The number of aromatic nitrogens is 2. The molecule has 2 aromatic carbocycles. The summed E-state index contributed by atoms with van der Waals surface area (Å²) in [5, 5.41) is 4.42. The van der Waals surface area contributed by atoms with Crippen LogP contribution in [-0.2, 0) is 6.54 Å².